The molecule has 0 amide bonds. The summed E-state index contributed by atoms with van der Waals surface area (Å²) < 4.78 is 12.5. The van der Waals surface area contributed by atoms with E-state index < -0.39 is 0 Å². The third kappa shape index (κ3) is 4.12. The molecule has 0 fully saturated rings. The minimum absolute atomic E-state index is 0.472. The third-order valence-corrected chi connectivity index (χ3v) is 5.36. The summed E-state index contributed by atoms with van der Waals surface area (Å²) in [5, 5.41) is 4.67. The number of hydrogen-bond donors (Lipinski definition) is 1. The highest BCUT2D eigenvalue weighted by atomic mass is 16.5. The largest absolute Gasteiger partial charge is 0.493 e. The van der Waals surface area contributed by atoms with E-state index in [1.165, 1.54) is 10.8 Å². The lowest BCUT2D eigenvalue weighted by atomic mass is 9.92. The minimum atomic E-state index is 0.472. The Hall–Kier alpha value is -3.04. The van der Waals surface area contributed by atoms with Crippen LogP contribution in [0.5, 0.6) is 11.5 Å². The lowest BCUT2D eigenvalue weighted by molar-refractivity contribution is 0.290. The van der Waals surface area contributed by atoms with Gasteiger partial charge in [-0.1, -0.05) is 74.5 Å². The molecule has 0 atom stereocenters. The topological polar surface area (TPSA) is 44.5 Å². The Bertz CT molecular complexity index is 1150. The molecule has 4 rings (SSSR count). The smallest absolute Gasteiger partial charge is 0.127 e. The maximum Gasteiger partial charge on any atom is 0.127 e. The number of ether oxygens (including phenoxy) is 2. The summed E-state index contributed by atoms with van der Waals surface area (Å²) in [6.07, 6.45) is 1.01. The van der Waals surface area contributed by atoms with E-state index >= 15 is 0 Å². The van der Waals surface area contributed by atoms with Crippen molar-refractivity contribution in [2.75, 3.05) is 19.8 Å². The summed E-state index contributed by atoms with van der Waals surface area (Å²) in [6.45, 7) is 6.06. The number of rotatable bonds is 8. The lowest BCUT2D eigenvalue weighted by Gasteiger charge is -2.20. The Labute approximate surface area is 178 Å². The van der Waals surface area contributed by atoms with Crippen LogP contribution in [0.4, 0.5) is 0 Å². The summed E-state index contributed by atoms with van der Waals surface area (Å²) in [5.74, 6) is 2.32. The van der Waals surface area contributed by atoms with Crippen molar-refractivity contribution >= 4 is 21.5 Å². The second-order valence-corrected chi connectivity index (χ2v) is 7.99. The molecule has 0 aliphatic heterocycles. The van der Waals surface area contributed by atoms with Gasteiger partial charge in [-0.25, -0.2) is 0 Å². The molecule has 30 heavy (non-hydrogen) atoms. The van der Waals surface area contributed by atoms with Gasteiger partial charge in [0.15, 0.2) is 0 Å². The normalized spacial score (nSPS) is 11.3. The molecule has 154 valence electrons. The van der Waals surface area contributed by atoms with E-state index in [0.29, 0.717) is 25.7 Å². The standard InChI is InChI=1S/C27H29NO2/c1-19(2)15-17-29-24-13-11-20-7-3-5-9-22(20)26(24)27-23-10-6-4-8-21(23)12-14-25(27)30-18-16-28/h3-14,19H,15-18,28H2,1-2H3. The first-order chi connectivity index (χ1) is 14.7. The van der Waals surface area contributed by atoms with Crippen molar-refractivity contribution < 1.29 is 9.47 Å². The zero-order valence-corrected chi connectivity index (χ0v) is 17.7. The molecule has 4 aromatic rings. The SMILES string of the molecule is CC(C)CCOc1ccc2ccccc2c1-c1c(OCCN)ccc2ccccc12. The van der Waals surface area contributed by atoms with Gasteiger partial charge in [-0.15, -0.1) is 0 Å². The zero-order chi connectivity index (χ0) is 20.9. The fraction of sp³-hybridized carbons (Fsp3) is 0.259. The number of fused-ring (bicyclic) bond motifs is 2. The molecule has 0 radical (unpaired) electrons. The molecule has 0 bridgehead atoms. The second kappa shape index (κ2) is 9.19. The van der Waals surface area contributed by atoms with Gasteiger partial charge in [-0.2, -0.15) is 0 Å². The van der Waals surface area contributed by atoms with Gasteiger partial charge in [-0.3, -0.25) is 0 Å². The Morgan fingerprint density at radius 2 is 1.17 bits per heavy atom. The summed E-state index contributed by atoms with van der Waals surface area (Å²) in [5.41, 5.74) is 7.89. The maximum absolute atomic E-state index is 6.34. The number of nitrogens with two attached hydrogens (primary N) is 1. The highest BCUT2D eigenvalue weighted by Gasteiger charge is 2.19. The molecule has 4 aromatic carbocycles. The van der Waals surface area contributed by atoms with Gasteiger partial charge >= 0.3 is 0 Å². The molecule has 0 heterocycles. The molecular weight excluding hydrogens is 370 g/mol. The van der Waals surface area contributed by atoms with Crippen LogP contribution in [-0.2, 0) is 0 Å². The van der Waals surface area contributed by atoms with Crippen LogP contribution in [0.25, 0.3) is 32.7 Å². The molecule has 0 saturated carbocycles. The molecule has 0 saturated heterocycles. The van der Waals surface area contributed by atoms with Crippen LogP contribution in [-0.4, -0.2) is 19.8 Å². The van der Waals surface area contributed by atoms with Crippen molar-refractivity contribution in [3.63, 3.8) is 0 Å². The predicted octanol–water partition coefficient (Wildman–Crippen LogP) is 6.42. The van der Waals surface area contributed by atoms with Crippen LogP contribution in [0, 0.1) is 5.92 Å². The molecule has 0 aliphatic rings. The van der Waals surface area contributed by atoms with Gasteiger partial charge in [0, 0.05) is 17.7 Å². The van der Waals surface area contributed by atoms with Crippen LogP contribution in [0.3, 0.4) is 0 Å². The van der Waals surface area contributed by atoms with Crippen molar-refractivity contribution in [1.82, 2.24) is 0 Å². The molecule has 3 heteroatoms. The van der Waals surface area contributed by atoms with E-state index in [-0.39, 0.29) is 0 Å². The van der Waals surface area contributed by atoms with Crippen molar-refractivity contribution in [2.45, 2.75) is 20.3 Å². The lowest BCUT2D eigenvalue weighted by Crippen LogP contribution is -2.11. The van der Waals surface area contributed by atoms with Gasteiger partial charge in [0.2, 0.25) is 0 Å². The number of hydrogen-bond acceptors (Lipinski definition) is 3. The number of benzene rings is 4. The third-order valence-electron chi connectivity index (χ3n) is 5.36. The first kappa shape index (κ1) is 20.2. The van der Waals surface area contributed by atoms with Gasteiger partial charge in [0.05, 0.1) is 6.61 Å². The zero-order valence-electron chi connectivity index (χ0n) is 17.7. The van der Waals surface area contributed by atoms with E-state index in [1.807, 2.05) is 6.07 Å². The molecule has 0 unspecified atom stereocenters. The van der Waals surface area contributed by atoms with Gasteiger partial charge in [0.1, 0.15) is 18.1 Å². The molecule has 0 aromatic heterocycles. The first-order valence-corrected chi connectivity index (χ1v) is 10.7. The average molecular weight is 400 g/mol. The fourth-order valence-electron chi connectivity index (χ4n) is 3.83. The summed E-state index contributed by atoms with van der Waals surface area (Å²) >= 11 is 0. The van der Waals surface area contributed by atoms with E-state index in [9.17, 15) is 0 Å². The van der Waals surface area contributed by atoms with Crippen LogP contribution in [0.2, 0.25) is 0 Å². The van der Waals surface area contributed by atoms with Crippen LogP contribution in [0.15, 0.2) is 72.8 Å². The van der Waals surface area contributed by atoms with Crippen molar-refractivity contribution in [2.24, 2.45) is 11.7 Å². The predicted molar refractivity (Wildman–Crippen MR) is 126 cm³/mol. The quantitative estimate of drug-likeness (QED) is 0.372. The fourth-order valence-corrected chi connectivity index (χ4v) is 3.83. The average Bonchev–Trinajstić information content (AvgIpc) is 2.77. The molecular formula is C27H29NO2. The van der Waals surface area contributed by atoms with Crippen LogP contribution in [0.1, 0.15) is 20.3 Å². The Morgan fingerprint density at radius 3 is 1.67 bits per heavy atom. The Kier molecular flexibility index (Phi) is 6.20. The van der Waals surface area contributed by atoms with Gasteiger partial charge in [0.25, 0.3) is 0 Å². The van der Waals surface area contributed by atoms with E-state index in [4.69, 9.17) is 15.2 Å². The molecule has 3 nitrogen and oxygen atoms in total. The molecule has 0 aliphatic carbocycles. The minimum Gasteiger partial charge on any atom is -0.493 e. The van der Waals surface area contributed by atoms with Crippen LogP contribution >= 0.6 is 0 Å². The monoisotopic (exact) mass is 399 g/mol. The second-order valence-electron chi connectivity index (χ2n) is 7.99. The van der Waals surface area contributed by atoms with Crippen molar-refractivity contribution in [3.05, 3.63) is 72.8 Å². The first-order valence-electron chi connectivity index (χ1n) is 10.7. The molecule has 2 N–H and O–H groups in total. The van der Waals surface area contributed by atoms with E-state index in [1.54, 1.807) is 0 Å². The Morgan fingerprint density at radius 1 is 0.667 bits per heavy atom. The summed E-state index contributed by atoms with van der Waals surface area (Å²) in [4.78, 5) is 0. The summed E-state index contributed by atoms with van der Waals surface area (Å²) in [6, 6.07) is 25.3. The van der Waals surface area contributed by atoms with Gasteiger partial charge < -0.3 is 15.2 Å². The highest BCUT2D eigenvalue weighted by molar-refractivity contribution is 6.09. The maximum atomic E-state index is 6.34. The summed E-state index contributed by atoms with van der Waals surface area (Å²) in [7, 11) is 0. The Balaban J connectivity index is 1.98. The van der Waals surface area contributed by atoms with Gasteiger partial charge in [-0.05, 0) is 46.0 Å². The van der Waals surface area contributed by atoms with Crippen molar-refractivity contribution in [1.29, 1.82) is 0 Å². The molecule has 0 spiro atoms. The van der Waals surface area contributed by atoms with E-state index in [0.717, 1.165) is 39.8 Å². The van der Waals surface area contributed by atoms with Crippen LogP contribution < -0.4 is 15.2 Å². The highest BCUT2D eigenvalue weighted by Crippen LogP contribution is 2.45. The van der Waals surface area contributed by atoms with E-state index in [2.05, 4.69) is 80.6 Å². The van der Waals surface area contributed by atoms with Crippen molar-refractivity contribution in [3.8, 4) is 22.6 Å².